The van der Waals surface area contributed by atoms with Crippen molar-refractivity contribution in [1.82, 2.24) is 15.2 Å². The van der Waals surface area contributed by atoms with Crippen molar-refractivity contribution in [1.29, 1.82) is 0 Å². The van der Waals surface area contributed by atoms with Gasteiger partial charge in [0.15, 0.2) is 11.7 Å². The van der Waals surface area contributed by atoms with Crippen LogP contribution in [0.25, 0.3) is 11.3 Å². The maximum Gasteiger partial charge on any atom is 0.220 e. The number of carbonyl (C=O) groups is 1. The molecule has 152 valence electrons. The van der Waals surface area contributed by atoms with Crippen molar-refractivity contribution in [2.24, 2.45) is 5.92 Å². The number of nitrogens with zero attached hydrogens (tertiary/aromatic N) is 2. The van der Waals surface area contributed by atoms with Crippen LogP contribution >= 0.6 is 0 Å². The number of likely N-dealkylation sites (tertiary alicyclic amines) is 1. The van der Waals surface area contributed by atoms with Crippen LogP contribution in [0, 0.1) is 11.7 Å². The number of piperidine rings is 1. The lowest BCUT2D eigenvalue weighted by Gasteiger charge is -2.30. The minimum atomic E-state index is -0.286. The van der Waals surface area contributed by atoms with Crippen molar-refractivity contribution in [3.8, 4) is 11.3 Å². The summed E-state index contributed by atoms with van der Waals surface area (Å²) in [5.74, 6) is 1.71. The summed E-state index contributed by atoms with van der Waals surface area (Å²) >= 11 is 0. The van der Waals surface area contributed by atoms with E-state index in [0.717, 1.165) is 37.4 Å². The lowest BCUT2D eigenvalue weighted by Crippen LogP contribution is -2.34. The quantitative estimate of drug-likeness (QED) is 0.660. The van der Waals surface area contributed by atoms with Crippen LogP contribution in [0.3, 0.4) is 0 Å². The third-order valence-electron chi connectivity index (χ3n) is 5.35. The van der Waals surface area contributed by atoms with Gasteiger partial charge < -0.3 is 14.6 Å². The van der Waals surface area contributed by atoms with E-state index in [4.69, 9.17) is 4.42 Å². The van der Waals surface area contributed by atoms with Crippen LogP contribution in [0.15, 0.2) is 34.9 Å². The number of hydrogen-bond donors (Lipinski definition) is 1. The Bertz CT molecular complexity index is 736. The molecule has 0 radical (unpaired) electrons. The topological polar surface area (TPSA) is 58.4 Å². The van der Waals surface area contributed by atoms with Crippen molar-refractivity contribution in [2.45, 2.75) is 45.4 Å². The summed E-state index contributed by atoms with van der Waals surface area (Å²) in [5.41, 5.74) is 0.771. The second kappa shape index (κ2) is 10.4. The Labute approximate surface area is 166 Å². The number of nitrogens with one attached hydrogen (secondary N) is 1. The van der Waals surface area contributed by atoms with E-state index in [0.29, 0.717) is 24.5 Å². The number of halogens is 1. The highest BCUT2D eigenvalue weighted by molar-refractivity contribution is 5.76. The lowest BCUT2D eigenvalue weighted by atomic mass is 9.99. The van der Waals surface area contributed by atoms with Crippen LogP contribution in [0.5, 0.6) is 0 Å². The van der Waals surface area contributed by atoms with Crippen LogP contribution < -0.4 is 5.32 Å². The molecule has 0 unspecified atom stereocenters. The summed E-state index contributed by atoms with van der Waals surface area (Å²) in [6, 6.07) is 6.07. The van der Waals surface area contributed by atoms with Gasteiger partial charge in [0.25, 0.3) is 0 Å². The van der Waals surface area contributed by atoms with E-state index in [2.05, 4.69) is 22.1 Å². The number of benzene rings is 1. The molecule has 1 aromatic heterocycles. The molecule has 0 aliphatic carbocycles. The average Bonchev–Trinajstić information content (AvgIpc) is 3.17. The average molecular weight is 387 g/mol. The predicted molar refractivity (Wildman–Crippen MR) is 107 cm³/mol. The van der Waals surface area contributed by atoms with Crippen LogP contribution in [-0.4, -0.2) is 42.0 Å². The maximum atomic E-state index is 13.0. The Morgan fingerprint density at radius 1 is 1.25 bits per heavy atom. The zero-order valence-electron chi connectivity index (χ0n) is 16.6. The van der Waals surface area contributed by atoms with Gasteiger partial charge in [-0.15, -0.1) is 0 Å². The van der Waals surface area contributed by atoms with Gasteiger partial charge in [0.1, 0.15) is 5.82 Å². The van der Waals surface area contributed by atoms with Gasteiger partial charge >= 0.3 is 0 Å². The molecular weight excluding hydrogens is 357 g/mol. The number of aryl methyl sites for hydroxylation is 1. The van der Waals surface area contributed by atoms with Crippen LogP contribution in [0.4, 0.5) is 4.39 Å². The van der Waals surface area contributed by atoms with Gasteiger partial charge in [0.2, 0.25) is 5.91 Å². The number of amides is 1. The molecule has 0 atom stereocenters. The van der Waals surface area contributed by atoms with Crippen molar-refractivity contribution < 1.29 is 13.6 Å². The molecule has 2 heterocycles. The Kier molecular flexibility index (Phi) is 7.60. The van der Waals surface area contributed by atoms with E-state index in [1.807, 2.05) is 0 Å². The number of rotatable bonds is 9. The lowest BCUT2D eigenvalue weighted by molar-refractivity contribution is -0.121. The zero-order valence-corrected chi connectivity index (χ0v) is 16.6. The van der Waals surface area contributed by atoms with E-state index in [9.17, 15) is 9.18 Å². The highest BCUT2D eigenvalue weighted by atomic mass is 19.1. The monoisotopic (exact) mass is 387 g/mol. The first-order valence-electron chi connectivity index (χ1n) is 10.3. The molecule has 1 aliphatic heterocycles. The summed E-state index contributed by atoms with van der Waals surface area (Å²) in [4.78, 5) is 18.7. The van der Waals surface area contributed by atoms with Gasteiger partial charge in [-0.2, -0.15) is 0 Å². The largest absolute Gasteiger partial charge is 0.441 e. The van der Waals surface area contributed by atoms with Gasteiger partial charge in [-0.3, -0.25) is 4.79 Å². The first-order chi connectivity index (χ1) is 13.6. The summed E-state index contributed by atoms with van der Waals surface area (Å²) < 4.78 is 18.6. The second-order valence-corrected chi connectivity index (χ2v) is 7.71. The summed E-state index contributed by atoms with van der Waals surface area (Å²) in [7, 11) is 0. The van der Waals surface area contributed by atoms with Crippen molar-refractivity contribution in [2.75, 3.05) is 26.2 Å². The van der Waals surface area contributed by atoms with Crippen molar-refractivity contribution >= 4 is 5.91 Å². The Hall–Kier alpha value is -2.21. The maximum absolute atomic E-state index is 13.0. The van der Waals surface area contributed by atoms with Gasteiger partial charge in [-0.25, -0.2) is 9.37 Å². The number of oxazole rings is 1. The number of unbranched alkanes of at least 4 members (excludes halogenated alkanes) is 1. The Morgan fingerprint density at radius 3 is 2.75 bits per heavy atom. The first kappa shape index (κ1) is 20.5. The van der Waals surface area contributed by atoms with Crippen LogP contribution in [-0.2, 0) is 11.2 Å². The van der Waals surface area contributed by atoms with Crippen molar-refractivity contribution in [3.05, 3.63) is 42.2 Å². The molecule has 0 spiro atoms. The third-order valence-corrected chi connectivity index (χ3v) is 5.35. The van der Waals surface area contributed by atoms with E-state index in [1.54, 1.807) is 18.3 Å². The molecule has 1 aromatic carbocycles. The van der Waals surface area contributed by atoms with Gasteiger partial charge in [-0.05, 0) is 75.5 Å². The van der Waals surface area contributed by atoms with Crippen LogP contribution in [0.2, 0.25) is 0 Å². The van der Waals surface area contributed by atoms with Gasteiger partial charge in [0.05, 0.1) is 6.20 Å². The fraction of sp³-hybridized carbons (Fsp3) is 0.545. The molecular formula is C22H30FN3O2. The molecule has 1 aliphatic rings. The van der Waals surface area contributed by atoms with Gasteiger partial charge in [0, 0.05) is 24.9 Å². The van der Waals surface area contributed by atoms with E-state index in [1.165, 1.54) is 38.1 Å². The standard InChI is InChI=1S/C22H30FN3O2/c1-17-10-14-26(15-11-17)13-3-2-12-24-21(27)8-9-22-25-16-20(28-22)18-4-6-19(23)7-5-18/h4-7,16-17H,2-3,8-15H2,1H3,(H,24,27). The molecule has 0 bridgehead atoms. The molecule has 6 heteroatoms. The molecule has 5 nitrogen and oxygen atoms in total. The molecule has 3 rings (SSSR count). The smallest absolute Gasteiger partial charge is 0.220 e. The molecule has 2 aromatic rings. The molecule has 1 N–H and O–H groups in total. The predicted octanol–water partition coefficient (Wildman–Crippen LogP) is 4.04. The zero-order chi connectivity index (χ0) is 19.8. The third kappa shape index (κ3) is 6.44. The molecule has 1 amide bonds. The van der Waals surface area contributed by atoms with E-state index in [-0.39, 0.29) is 11.7 Å². The number of hydrogen-bond acceptors (Lipinski definition) is 4. The summed E-state index contributed by atoms with van der Waals surface area (Å²) in [5, 5.41) is 2.97. The highest BCUT2D eigenvalue weighted by Crippen LogP contribution is 2.21. The molecule has 28 heavy (non-hydrogen) atoms. The minimum absolute atomic E-state index is 0.0216. The fourth-order valence-corrected chi connectivity index (χ4v) is 3.46. The van der Waals surface area contributed by atoms with Gasteiger partial charge in [-0.1, -0.05) is 6.92 Å². The highest BCUT2D eigenvalue weighted by Gasteiger charge is 2.14. The molecule has 0 saturated carbocycles. The molecule has 1 fully saturated rings. The SMILES string of the molecule is CC1CCN(CCCCNC(=O)CCc2ncc(-c3ccc(F)cc3)o2)CC1. The minimum Gasteiger partial charge on any atom is -0.441 e. The normalized spacial score (nSPS) is 15.6. The van der Waals surface area contributed by atoms with E-state index >= 15 is 0 Å². The first-order valence-corrected chi connectivity index (χ1v) is 10.3. The number of aromatic nitrogens is 1. The van der Waals surface area contributed by atoms with E-state index < -0.39 is 0 Å². The van der Waals surface area contributed by atoms with Crippen molar-refractivity contribution in [3.63, 3.8) is 0 Å². The second-order valence-electron chi connectivity index (χ2n) is 7.71. The van der Waals surface area contributed by atoms with Crippen LogP contribution in [0.1, 0.15) is 44.9 Å². The summed E-state index contributed by atoms with van der Waals surface area (Å²) in [6.45, 7) is 6.60. The molecule has 1 saturated heterocycles. The summed E-state index contributed by atoms with van der Waals surface area (Å²) in [6.07, 6.45) is 7.16. The Balaban J connectivity index is 1.29. The fourth-order valence-electron chi connectivity index (χ4n) is 3.46. The number of carbonyl (C=O) groups excluding carboxylic acids is 1. The Morgan fingerprint density at radius 2 is 2.00 bits per heavy atom.